The molecule has 5 rings (SSSR count). The third kappa shape index (κ3) is 2.52. The Balaban J connectivity index is 1.62. The van der Waals surface area contributed by atoms with E-state index < -0.39 is 11.4 Å². The van der Waals surface area contributed by atoms with E-state index in [0.717, 1.165) is 11.1 Å². The number of hydrogen-bond donors (Lipinski definition) is 0. The van der Waals surface area contributed by atoms with Crippen molar-refractivity contribution >= 4 is 11.8 Å². The summed E-state index contributed by atoms with van der Waals surface area (Å²) >= 11 is 0. The number of methoxy groups -OCH3 is 1. The highest BCUT2D eigenvalue weighted by Gasteiger charge is 2.67. The van der Waals surface area contributed by atoms with Gasteiger partial charge in [0.15, 0.2) is 5.78 Å². The third-order valence-electron chi connectivity index (χ3n) is 6.28. The molecule has 0 aromatic heterocycles. The number of ketones is 1. The zero-order valence-corrected chi connectivity index (χ0v) is 16.0. The van der Waals surface area contributed by atoms with Gasteiger partial charge in [-0.05, 0) is 48.2 Å². The number of para-hydroxylation sites is 1. The van der Waals surface area contributed by atoms with Crippen molar-refractivity contribution < 1.29 is 19.1 Å². The van der Waals surface area contributed by atoms with Gasteiger partial charge in [0.1, 0.15) is 16.9 Å². The highest BCUT2D eigenvalue weighted by molar-refractivity contribution is 6.15. The Morgan fingerprint density at radius 1 is 0.966 bits per heavy atom. The second-order valence-electron chi connectivity index (χ2n) is 7.66. The molecule has 0 bridgehead atoms. The van der Waals surface area contributed by atoms with Gasteiger partial charge in [-0.1, -0.05) is 48.5 Å². The van der Waals surface area contributed by atoms with Gasteiger partial charge in [-0.3, -0.25) is 9.59 Å². The second-order valence-corrected chi connectivity index (χ2v) is 7.66. The maximum Gasteiger partial charge on any atom is 0.326 e. The van der Waals surface area contributed by atoms with Crippen molar-refractivity contribution in [3.8, 4) is 11.5 Å². The molecule has 0 saturated heterocycles. The van der Waals surface area contributed by atoms with Gasteiger partial charge in [0.2, 0.25) is 0 Å². The molecule has 144 valence electrons. The molecule has 3 atom stereocenters. The van der Waals surface area contributed by atoms with Crippen LogP contribution in [0.4, 0.5) is 0 Å². The van der Waals surface area contributed by atoms with Crippen LogP contribution in [0.25, 0.3) is 0 Å². The van der Waals surface area contributed by atoms with Crippen LogP contribution in [-0.2, 0) is 4.79 Å². The van der Waals surface area contributed by atoms with Gasteiger partial charge >= 0.3 is 5.97 Å². The van der Waals surface area contributed by atoms with Crippen LogP contribution in [0.3, 0.4) is 0 Å². The molecule has 1 fully saturated rings. The summed E-state index contributed by atoms with van der Waals surface area (Å²) in [5.74, 6) is 0.444. The fourth-order valence-electron chi connectivity index (χ4n) is 4.83. The van der Waals surface area contributed by atoms with E-state index in [0.29, 0.717) is 23.5 Å². The van der Waals surface area contributed by atoms with E-state index in [1.807, 2.05) is 36.4 Å². The average Bonchev–Trinajstić information content (AvgIpc) is 2.75. The van der Waals surface area contributed by atoms with Crippen LogP contribution in [0.5, 0.6) is 11.5 Å². The van der Waals surface area contributed by atoms with E-state index >= 15 is 0 Å². The summed E-state index contributed by atoms with van der Waals surface area (Å²) in [6, 6.07) is 24.6. The summed E-state index contributed by atoms with van der Waals surface area (Å²) in [7, 11) is 1.58. The minimum Gasteiger partial charge on any atom is -0.497 e. The molecule has 1 heterocycles. The van der Waals surface area contributed by atoms with Crippen LogP contribution in [0.1, 0.15) is 39.7 Å². The summed E-state index contributed by atoms with van der Waals surface area (Å²) in [6.07, 6.45) is 0.444. The lowest BCUT2D eigenvalue weighted by molar-refractivity contribution is -0.153. The highest BCUT2D eigenvalue weighted by Crippen LogP contribution is 2.66. The molecule has 29 heavy (non-hydrogen) atoms. The van der Waals surface area contributed by atoms with Gasteiger partial charge in [0, 0.05) is 17.0 Å². The van der Waals surface area contributed by atoms with Gasteiger partial charge in [0.25, 0.3) is 0 Å². The first-order valence-corrected chi connectivity index (χ1v) is 9.70. The first kappa shape index (κ1) is 17.7. The number of esters is 1. The van der Waals surface area contributed by atoms with Crippen LogP contribution >= 0.6 is 0 Å². The number of fused-ring (bicyclic) bond motifs is 3. The quantitative estimate of drug-likeness (QED) is 0.282. The van der Waals surface area contributed by atoms with Crippen molar-refractivity contribution in [2.24, 2.45) is 5.41 Å². The molecular weight excluding hydrogens is 364 g/mol. The molecule has 4 heteroatoms. The molecule has 0 spiro atoms. The smallest absolute Gasteiger partial charge is 0.326 e. The molecule has 0 amide bonds. The monoisotopic (exact) mass is 384 g/mol. The predicted molar refractivity (Wildman–Crippen MR) is 108 cm³/mol. The molecule has 1 aliphatic heterocycles. The lowest BCUT2D eigenvalue weighted by atomic mass is 9.47. The Bertz CT molecular complexity index is 1090. The minimum atomic E-state index is -1.19. The summed E-state index contributed by atoms with van der Waals surface area (Å²) in [6.45, 7) is 0. The molecule has 0 radical (unpaired) electrons. The number of benzene rings is 3. The Kier molecular flexibility index (Phi) is 4.02. The lowest BCUT2D eigenvalue weighted by Gasteiger charge is -2.54. The SMILES string of the molecule is COc1ccc(C(=O)[C@@]23C[C@H](c4ccccc4)[C@@H]2c2ccccc2OC3=O)cc1. The Morgan fingerprint density at radius 2 is 1.66 bits per heavy atom. The van der Waals surface area contributed by atoms with Gasteiger partial charge in [-0.25, -0.2) is 0 Å². The van der Waals surface area contributed by atoms with Crippen molar-refractivity contribution in [3.05, 3.63) is 95.6 Å². The van der Waals surface area contributed by atoms with E-state index in [1.54, 1.807) is 37.4 Å². The van der Waals surface area contributed by atoms with Gasteiger partial charge < -0.3 is 9.47 Å². The normalized spacial score (nSPS) is 24.5. The fraction of sp³-hybridized carbons (Fsp3) is 0.200. The van der Waals surface area contributed by atoms with Crippen molar-refractivity contribution in [2.45, 2.75) is 18.3 Å². The molecule has 2 aliphatic rings. The molecule has 1 aliphatic carbocycles. The molecule has 0 N–H and O–H groups in total. The maximum atomic E-state index is 13.6. The van der Waals surface area contributed by atoms with E-state index in [1.165, 1.54) is 0 Å². The summed E-state index contributed by atoms with van der Waals surface area (Å²) < 4.78 is 10.9. The van der Waals surface area contributed by atoms with Gasteiger partial charge in [-0.15, -0.1) is 0 Å². The summed E-state index contributed by atoms with van der Waals surface area (Å²) in [5.41, 5.74) is 1.37. The molecule has 1 saturated carbocycles. The van der Waals surface area contributed by atoms with E-state index in [-0.39, 0.29) is 17.6 Å². The standard InChI is InChI=1S/C25H20O4/c1-28-18-13-11-17(12-14-18)23(26)25-15-20(16-7-3-2-4-8-16)22(25)19-9-5-6-10-21(19)29-24(25)27/h2-14,20,22H,15H2,1H3/t20-,22+,25-/m1/s1. The number of hydrogen-bond acceptors (Lipinski definition) is 4. The largest absolute Gasteiger partial charge is 0.497 e. The van der Waals surface area contributed by atoms with E-state index in [4.69, 9.17) is 9.47 Å². The van der Waals surface area contributed by atoms with Crippen LogP contribution in [0.15, 0.2) is 78.9 Å². The molecule has 0 unspecified atom stereocenters. The van der Waals surface area contributed by atoms with E-state index in [2.05, 4.69) is 12.1 Å². The molecule has 3 aromatic carbocycles. The van der Waals surface area contributed by atoms with E-state index in [9.17, 15) is 9.59 Å². The zero-order valence-electron chi connectivity index (χ0n) is 16.0. The van der Waals surface area contributed by atoms with Gasteiger partial charge in [-0.2, -0.15) is 0 Å². The fourth-order valence-corrected chi connectivity index (χ4v) is 4.83. The van der Waals surface area contributed by atoms with Crippen molar-refractivity contribution in [1.29, 1.82) is 0 Å². The molecule has 3 aromatic rings. The van der Waals surface area contributed by atoms with Crippen LogP contribution in [0.2, 0.25) is 0 Å². The zero-order chi connectivity index (χ0) is 20.0. The van der Waals surface area contributed by atoms with Crippen LogP contribution in [0, 0.1) is 5.41 Å². The summed E-state index contributed by atoms with van der Waals surface area (Å²) in [5, 5.41) is 0. The molecular formula is C25H20O4. The summed E-state index contributed by atoms with van der Waals surface area (Å²) in [4.78, 5) is 26.8. The highest BCUT2D eigenvalue weighted by atomic mass is 16.5. The minimum absolute atomic E-state index is 0.0902. The number of carbonyl (C=O) groups is 2. The predicted octanol–water partition coefficient (Wildman–Crippen LogP) is 4.75. The Hall–Kier alpha value is -3.40. The number of rotatable bonds is 4. The van der Waals surface area contributed by atoms with Crippen molar-refractivity contribution in [2.75, 3.05) is 7.11 Å². The van der Waals surface area contributed by atoms with Crippen LogP contribution < -0.4 is 9.47 Å². The average molecular weight is 384 g/mol. The Labute approximate surface area is 169 Å². The number of Topliss-reactive ketones (excluding diaryl/α,β-unsaturated/α-hetero) is 1. The first-order valence-electron chi connectivity index (χ1n) is 9.70. The van der Waals surface area contributed by atoms with Gasteiger partial charge in [0.05, 0.1) is 7.11 Å². The van der Waals surface area contributed by atoms with Crippen LogP contribution in [-0.4, -0.2) is 18.9 Å². The number of carbonyl (C=O) groups excluding carboxylic acids is 2. The number of ether oxygens (including phenoxy) is 2. The lowest BCUT2D eigenvalue weighted by Crippen LogP contribution is -2.59. The first-order chi connectivity index (χ1) is 14.1. The van der Waals surface area contributed by atoms with Crippen molar-refractivity contribution in [3.63, 3.8) is 0 Å². The van der Waals surface area contributed by atoms with Crippen molar-refractivity contribution in [1.82, 2.24) is 0 Å². The Morgan fingerprint density at radius 3 is 2.38 bits per heavy atom. The topological polar surface area (TPSA) is 52.6 Å². The third-order valence-corrected chi connectivity index (χ3v) is 6.28. The maximum absolute atomic E-state index is 13.6. The molecule has 4 nitrogen and oxygen atoms in total. The second kappa shape index (κ2) is 6.59.